The summed E-state index contributed by atoms with van der Waals surface area (Å²) in [7, 11) is 0. The van der Waals surface area contributed by atoms with Crippen LogP contribution in [0.3, 0.4) is 0 Å². The molecule has 0 aliphatic carbocycles. The van der Waals surface area contributed by atoms with Gasteiger partial charge in [0.1, 0.15) is 0 Å². The summed E-state index contributed by atoms with van der Waals surface area (Å²) in [6.07, 6.45) is 0.284. The molecule has 3 nitrogen and oxygen atoms in total. The van der Waals surface area contributed by atoms with Crippen LogP contribution in [-0.2, 0) is 6.42 Å². The number of halogens is 1. The quantitative estimate of drug-likeness (QED) is 0.639. The van der Waals surface area contributed by atoms with Crippen molar-refractivity contribution in [2.45, 2.75) is 13.3 Å². The van der Waals surface area contributed by atoms with Crippen LogP contribution in [0.25, 0.3) is 0 Å². The molecule has 0 heterocycles. The predicted molar refractivity (Wildman–Crippen MR) is 50.3 cm³/mol. The second-order valence-electron chi connectivity index (χ2n) is 2.80. The van der Waals surface area contributed by atoms with Crippen LogP contribution in [-0.4, -0.2) is 21.9 Å². The number of phenols is 2. The highest BCUT2D eigenvalue weighted by Gasteiger charge is 2.12. The lowest BCUT2D eigenvalue weighted by Crippen LogP contribution is -1.95. The van der Waals surface area contributed by atoms with E-state index in [1.54, 1.807) is 6.92 Å². The third-order valence-corrected chi connectivity index (χ3v) is 2.36. The van der Waals surface area contributed by atoms with Crippen molar-refractivity contribution in [3.8, 4) is 11.5 Å². The standard InChI is InChI=1S/C9H11ClO3/c1-5-6(2-3-11)9(13)8(12)4-7(5)10/h4,11-13H,2-3H2,1H3. The monoisotopic (exact) mass is 202 g/mol. The molecule has 1 aromatic rings. The van der Waals surface area contributed by atoms with Crippen LogP contribution in [0.1, 0.15) is 11.1 Å². The van der Waals surface area contributed by atoms with E-state index in [0.29, 0.717) is 16.1 Å². The van der Waals surface area contributed by atoms with Crippen molar-refractivity contribution in [3.05, 3.63) is 22.2 Å². The fourth-order valence-corrected chi connectivity index (χ4v) is 1.41. The molecular formula is C9H11ClO3. The van der Waals surface area contributed by atoms with E-state index < -0.39 is 0 Å². The first-order chi connectivity index (χ1) is 6.07. The topological polar surface area (TPSA) is 60.7 Å². The summed E-state index contributed by atoms with van der Waals surface area (Å²) in [6.45, 7) is 1.64. The van der Waals surface area contributed by atoms with Gasteiger partial charge in [0.25, 0.3) is 0 Å². The van der Waals surface area contributed by atoms with Gasteiger partial charge in [-0.05, 0) is 18.9 Å². The van der Waals surface area contributed by atoms with Crippen LogP contribution >= 0.6 is 11.6 Å². The van der Waals surface area contributed by atoms with Crippen LogP contribution in [0.15, 0.2) is 6.07 Å². The van der Waals surface area contributed by atoms with Gasteiger partial charge in [-0.15, -0.1) is 0 Å². The Kier molecular flexibility index (Phi) is 3.01. The molecular weight excluding hydrogens is 192 g/mol. The Labute approximate surface area is 81.2 Å². The molecule has 3 N–H and O–H groups in total. The maximum Gasteiger partial charge on any atom is 0.161 e. The largest absolute Gasteiger partial charge is 0.504 e. The number of rotatable bonds is 2. The number of benzene rings is 1. The van der Waals surface area contributed by atoms with E-state index in [1.807, 2.05) is 0 Å². The van der Waals surface area contributed by atoms with Crippen LogP contribution in [0.5, 0.6) is 11.5 Å². The average molecular weight is 203 g/mol. The fraction of sp³-hybridized carbons (Fsp3) is 0.333. The first-order valence-electron chi connectivity index (χ1n) is 3.88. The van der Waals surface area contributed by atoms with Gasteiger partial charge in [0.05, 0.1) is 0 Å². The Morgan fingerprint density at radius 3 is 2.54 bits per heavy atom. The Bertz CT molecular complexity index is 297. The molecule has 0 atom stereocenters. The van der Waals surface area contributed by atoms with Crippen molar-refractivity contribution in [1.29, 1.82) is 0 Å². The molecule has 1 rings (SSSR count). The van der Waals surface area contributed by atoms with E-state index in [1.165, 1.54) is 6.07 Å². The summed E-state index contributed by atoms with van der Waals surface area (Å²) in [4.78, 5) is 0. The molecule has 0 radical (unpaired) electrons. The minimum Gasteiger partial charge on any atom is -0.504 e. The van der Waals surface area contributed by atoms with E-state index in [0.717, 1.165) is 0 Å². The number of aromatic hydroxyl groups is 2. The second-order valence-corrected chi connectivity index (χ2v) is 3.21. The summed E-state index contributed by atoms with van der Waals surface area (Å²) in [6, 6.07) is 1.28. The third-order valence-electron chi connectivity index (χ3n) is 1.96. The van der Waals surface area contributed by atoms with Gasteiger partial charge >= 0.3 is 0 Å². The zero-order valence-corrected chi connectivity index (χ0v) is 7.97. The summed E-state index contributed by atoms with van der Waals surface area (Å²) < 4.78 is 0. The van der Waals surface area contributed by atoms with Crippen LogP contribution in [0.2, 0.25) is 5.02 Å². The molecule has 0 aromatic heterocycles. The van der Waals surface area contributed by atoms with Crippen molar-refractivity contribution in [1.82, 2.24) is 0 Å². The molecule has 0 aliphatic rings. The lowest BCUT2D eigenvalue weighted by Gasteiger charge is -2.10. The second kappa shape index (κ2) is 3.85. The maximum absolute atomic E-state index is 9.41. The van der Waals surface area contributed by atoms with Gasteiger partial charge in [0.2, 0.25) is 0 Å². The van der Waals surface area contributed by atoms with E-state index in [9.17, 15) is 10.2 Å². The Morgan fingerprint density at radius 2 is 2.00 bits per heavy atom. The number of phenolic OH excluding ortho intramolecular Hbond substituents is 2. The molecule has 0 spiro atoms. The van der Waals surface area contributed by atoms with Crippen LogP contribution < -0.4 is 0 Å². The first kappa shape index (κ1) is 10.2. The number of aliphatic hydroxyl groups is 1. The summed E-state index contributed by atoms with van der Waals surface area (Å²) in [5, 5.41) is 27.7. The van der Waals surface area contributed by atoms with Crippen molar-refractivity contribution < 1.29 is 15.3 Å². The third kappa shape index (κ3) is 1.87. The first-order valence-corrected chi connectivity index (χ1v) is 4.26. The van der Waals surface area contributed by atoms with Crippen molar-refractivity contribution in [3.63, 3.8) is 0 Å². The smallest absolute Gasteiger partial charge is 0.161 e. The predicted octanol–water partition coefficient (Wildman–Crippen LogP) is 1.59. The van der Waals surface area contributed by atoms with Crippen molar-refractivity contribution in [2.24, 2.45) is 0 Å². The minimum atomic E-state index is -0.251. The van der Waals surface area contributed by atoms with Gasteiger partial charge < -0.3 is 15.3 Å². The molecule has 0 aliphatic heterocycles. The highest BCUT2D eigenvalue weighted by molar-refractivity contribution is 6.31. The van der Waals surface area contributed by atoms with Gasteiger partial charge in [0.15, 0.2) is 11.5 Å². The Hall–Kier alpha value is -0.930. The van der Waals surface area contributed by atoms with E-state index in [4.69, 9.17) is 16.7 Å². The van der Waals surface area contributed by atoms with Gasteiger partial charge in [-0.3, -0.25) is 0 Å². The molecule has 0 amide bonds. The number of aliphatic hydroxyl groups excluding tert-OH is 1. The Morgan fingerprint density at radius 1 is 1.38 bits per heavy atom. The lowest BCUT2D eigenvalue weighted by molar-refractivity contribution is 0.296. The highest BCUT2D eigenvalue weighted by Crippen LogP contribution is 2.36. The summed E-state index contributed by atoms with van der Waals surface area (Å²) in [5.74, 6) is -0.449. The van der Waals surface area contributed by atoms with Gasteiger partial charge in [-0.2, -0.15) is 0 Å². The fourth-order valence-electron chi connectivity index (χ4n) is 1.19. The molecule has 1 aromatic carbocycles. The van der Waals surface area contributed by atoms with E-state index in [2.05, 4.69) is 0 Å². The van der Waals surface area contributed by atoms with E-state index in [-0.39, 0.29) is 24.5 Å². The molecule has 4 heteroatoms. The van der Waals surface area contributed by atoms with E-state index >= 15 is 0 Å². The molecule has 0 saturated heterocycles. The van der Waals surface area contributed by atoms with Crippen molar-refractivity contribution >= 4 is 11.6 Å². The van der Waals surface area contributed by atoms with Gasteiger partial charge in [0, 0.05) is 23.3 Å². The normalized spacial score (nSPS) is 10.4. The molecule has 0 unspecified atom stereocenters. The molecule has 0 fully saturated rings. The van der Waals surface area contributed by atoms with Gasteiger partial charge in [-0.1, -0.05) is 11.6 Å². The van der Waals surface area contributed by atoms with Crippen LogP contribution in [0.4, 0.5) is 0 Å². The molecule has 72 valence electrons. The van der Waals surface area contributed by atoms with Crippen LogP contribution in [0, 0.1) is 6.92 Å². The molecule has 0 saturated carbocycles. The summed E-state index contributed by atoms with van der Waals surface area (Å²) >= 11 is 5.77. The number of hydrogen-bond acceptors (Lipinski definition) is 3. The zero-order chi connectivity index (χ0) is 10.0. The average Bonchev–Trinajstić information content (AvgIpc) is 2.09. The maximum atomic E-state index is 9.41. The minimum absolute atomic E-state index is 0.0891. The summed E-state index contributed by atoms with van der Waals surface area (Å²) in [5.41, 5.74) is 1.18. The van der Waals surface area contributed by atoms with Gasteiger partial charge in [-0.25, -0.2) is 0 Å². The highest BCUT2D eigenvalue weighted by atomic mass is 35.5. The Balaban J connectivity index is 3.28. The van der Waals surface area contributed by atoms with Crippen molar-refractivity contribution in [2.75, 3.05) is 6.61 Å². The SMILES string of the molecule is Cc1c(Cl)cc(O)c(O)c1CCO. The number of hydrogen-bond donors (Lipinski definition) is 3. The zero-order valence-electron chi connectivity index (χ0n) is 7.21. The lowest BCUT2D eigenvalue weighted by atomic mass is 10.0. The molecule has 0 bridgehead atoms. The molecule has 13 heavy (non-hydrogen) atoms.